The number of esters is 1. The molecule has 0 spiro atoms. The zero-order chi connectivity index (χ0) is 21.8. The molecule has 1 saturated heterocycles. The van der Waals surface area contributed by atoms with Crippen LogP contribution in [0, 0.1) is 0 Å². The average molecular weight is 410 g/mol. The van der Waals surface area contributed by atoms with Crippen LogP contribution < -0.4 is 15.0 Å². The molecule has 2 aromatic carbocycles. The Labute approximate surface area is 171 Å². The van der Waals surface area contributed by atoms with Crippen LogP contribution >= 0.6 is 0 Å². The second kappa shape index (κ2) is 8.48. The number of anilines is 1. The molecule has 0 radical (unpaired) electrons. The molecule has 1 aliphatic rings. The zero-order valence-corrected chi connectivity index (χ0v) is 16.2. The van der Waals surface area contributed by atoms with Crippen LogP contribution in [0.1, 0.15) is 22.8 Å². The Morgan fingerprint density at radius 1 is 1.13 bits per heavy atom. The summed E-state index contributed by atoms with van der Waals surface area (Å²) in [5, 5.41) is 11.8. The van der Waals surface area contributed by atoms with Crippen molar-refractivity contribution in [3.63, 3.8) is 0 Å². The van der Waals surface area contributed by atoms with Gasteiger partial charge in [0, 0.05) is 0 Å². The quantitative estimate of drug-likeness (QED) is 0.440. The van der Waals surface area contributed by atoms with E-state index in [4.69, 9.17) is 9.47 Å². The molecule has 0 aromatic heterocycles. The number of ether oxygens (including phenoxy) is 2. The van der Waals surface area contributed by atoms with Crippen LogP contribution in [0.4, 0.5) is 10.5 Å². The highest BCUT2D eigenvalue weighted by atomic mass is 16.5. The molecule has 1 heterocycles. The van der Waals surface area contributed by atoms with Crippen molar-refractivity contribution in [1.29, 1.82) is 0 Å². The summed E-state index contributed by atoms with van der Waals surface area (Å²) in [6.45, 7) is 1.89. The number of imide groups is 2. The molecular weight excluding hydrogens is 392 g/mol. The second-order valence-electron chi connectivity index (χ2n) is 6.16. The molecule has 0 saturated carbocycles. The van der Waals surface area contributed by atoms with E-state index in [9.17, 15) is 24.3 Å². The molecule has 2 aromatic rings. The summed E-state index contributed by atoms with van der Waals surface area (Å²) in [4.78, 5) is 50.0. The number of hydrogen-bond donors (Lipinski definition) is 2. The van der Waals surface area contributed by atoms with Crippen LogP contribution in [-0.4, -0.2) is 42.6 Å². The lowest BCUT2D eigenvalue weighted by atomic mass is 10.1. The van der Waals surface area contributed by atoms with Gasteiger partial charge in [0.1, 0.15) is 5.57 Å². The zero-order valence-electron chi connectivity index (χ0n) is 16.2. The molecule has 0 atom stereocenters. The summed E-state index contributed by atoms with van der Waals surface area (Å²) in [6.07, 6.45) is 1.28. The van der Waals surface area contributed by atoms with Crippen molar-refractivity contribution in [2.45, 2.75) is 6.92 Å². The first-order chi connectivity index (χ1) is 14.3. The van der Waals surface area contributed by atoms with Crippen LogP contribution in [0.15, 0.2) is 48.0 Å². The Balaban J connectivity index is 1.94. The van der Waals surface area contributed by atoms with Gasteiger partial charge in [0.2, 0.25) is 0 Å². The highest BCUT2D eigenvalue weighted by molar-refractivity contribution is 6.39. The van der Waals surface area contributed by atoms with E-state index in [0.29, 0.717) is 5.56 Å². The lowest BCUT2D eigenvalue weighted by Crippen LogP contribution is -2.54. The van der Waals surface area contributed by atoms with E-state index < -0.39 is 23.8 Å². The standard InChI is InChI=1S/C21H18N2O7/c1-3-30-20(27)13-5-7-14(8-6-13)23-19(26)15(18(25)22-21(23)28)10-12-4-9-16(24)17(11-12)29-2/h4-11,24H,3H2,1-2H3,(H,22,25,28)/b15-10+. The number of amides is 4. The fourth-order valence-corrected chi connectivity index (χ4v) is 2.80. The average Bonchev–Trinajstić information content (AvgIpc) is 2.72. The summed E-state index contributed by atoms with van der Waals surface area (Å²) >= 11 is 0. The van der Waals surface area contributed by atoms with Gasteiger partial charge in [0.25, 0.3) is 11.8 Å². The molecule has 2 N–H and O–H groups in total. The van der Waals surface area contributed by atoms with E-state index in [1.54, 1.807) is 6.92 Å². The van der Waals surface area contributed by atoms with E-state index in [1.807, 2.05) is 0 Å². The third-order valence-electron chi connectivity index (χ3n) is 4.25. The molecule has 4 amide bonds. The number of hydrogen-bond acceptors (Lipinski definition) is 7. The Kier molecular flexibility index (Phi) is 5.82. The number of nitrogens with zero attached hydrogens (tertiary/aromatic N) is 1. The number of methoxy groups -OCH3 is 1. The number of aromatic hydroxyl groups is 1. The Morgan fingerprint density at radius 2 is 1.83 bits per heavy atom. The van der Waals surface area contributed by atoms with Gasteiger partial charge in [0.05, 0.1) is 25.0 Å². The molecule has 9 nitrogen and oxygen atoms in total. The first kappa shape index (κ1) is 20.6. The molecule has 154 valence electrons. The number of urea groups is 1. The van der Waals surface area contributed by atoms with E-state index in [1.165, 1.54) is 55.7 Å². The fraction of sp³-hybridized carbons (Fsp3) is 0.143. The monoisotopic (exact) mass is 410 g/mol. The molecule has 9 heteroatoms. The van der Waals surface area contributed by atoms with Gasteiger partial charge in [-0.15, -0.1) is 0 Å². The number of nitrogens with one attached hydrogen (secondary N) is 1. The van der Waals surface area contributed by atoms with Gasteiger partial charge in [-0.2, -0.15) is 0 Å². The maximum absolute atomic E-state index is 12.9. The molecule has 0 aliphatic carbocycles. The number of carbonyl (C=O) groups excluding carboxylic acids is 4. The Hall–Kier alpha value is -4.14. The van der Waals surface area contributed by atoms with Crippen LogP contribution in [-0.2, 0) is 14.3 Å². The number of phenols is 1. The molecule has 3 rings (SSSR count). The first-order valence-corrected chi connectivity index (χ1v) is 8.91. The highest BCUT2D eigenvalue weighted by Gasteiger charge is 2.36. The first-order valence-electron chi connectivity index (χ1n) is 8.91. The van der Waals surface area contributed by atoms with Crippen LogP contribution in [0.25, 0.3) is 6.08 Å². The van der Waals surface area contributed by atoms with E-state index >= 15 is 0 Å². The van der Waals surface area contributed by atoms with Crippen LogP contribution in [0.5, 0.6) is 11.5 Å². The molecule has 0 bridgehead atoms. The molecule has 30 heavy (non-hydrogen) atoms. The highest BCUT2D eigenvalue weighted by Crippen LogP contribution is 2.28. The van der Waals surface area contributed by atoms with Crippen molar-refractivity contribution < 1.29 is 33.8 Å². The molecule has 1 aliphatic heterocycles. The summed E-state index contributed by atoms with van der Waals surface area (Å²) < 4.78 is 9.92. The predicted octanol–water partition coefficient (Wildman–Crippen LogP) is 2.24. The van der Waals surface area contributed by atoms with Gasteiger partial charge >= 0.3 is 12.0 Å². The van der Waals surface area contributed by atoms with Crippen molar-refractivity contribution >= 4 is 35.6 Å². The minimum absolute atomic E-state index is 0.0995. The second-order valence-corrected chi connectivity index (χ2v) is 6.16. The van der Waals surface area contributed by atoms with Crippen molar-refractivity contribution in [3.05, 3.63) is 59.2 Å². The third-order valence-corrected chi connectivity index (χ3v) is 4.25. The predicted molar refractivity (Wildman–Crippen MR) is 106 cm³/mol. The lowest BCUT2D eigenvalue weighted by molar-refractivity contribution is -0.122. The summed E-state index contributed by atoms with van der Waals surface area (Å²) in [7, 11) is 1.37. The van der Waals surface area contributed by atoms with Gasteiger partial charge in [-0.05, 0) is 55.0 Å². The Bertz CT molecular complexity index is 1060. The minimum Gasteiger partial charge on any atom is -0.504 e. The molecular formula is C21H18N2O7. The maximum atomic E-state index is 12.9. The summed E-state index contributed by atoms with van der Waals surface area (Å²) in [5.41, 5.74) is 0.563. The number of phenolic OH excluding ortho intramolecular Hbond substituents is 1. The lowest BCUT2D eigenvalue weighted by Gasteiger charge is -2.26. The van der Waals surface area contributed by atoms with Crippen molar-refractivity contribution in [2.24, 2.45) is 0 Å². The maximum Gasteiger partial charge on any atom is 0.338 e. The van der Waals surface area contributed by atoms with E-state index in [-0.39, 0.29) is 34.9 Å². The van der Waals surface area contributed by atoms with Crippen LogP contribution in [0.3, 0.4) is 0 Å². The number of barbiturate groups is 1. The third kappa shape index (κ3) is 4.00. The smallest absolute Gasteiger partial charge is 0.338 e. The summed E-state index contributed by atoms with van der Waals surface area (Å²) in [6, 6.07) is 9.01. The number of carbonyl (C=O) groups is 4. The largest absolute Gasteiger partial charge is 0.504 e. The molecule has 0 unspecified atom stereocenters. The normalized spacial score (nSPS) is 15.2. The summed E-state index contributed by atoms with van der Waals surface area (Å²) in [5.74, 6) is -2.15. The topological polar surface area (TPSA) is 122 Å². The number of benzene rings is 2. The van der Waals surface area contributed by atoms with Gasteiger partial charge < -0.3 is 14.6 Å². The van der Waals surface area contributed by atoms with Gasteiger partial charge in [0.15, 0.2) is 11.5 Å². The minimum atomic E-state index is -0.908. The van der Waals surface area contributed by atoms with Crippen molar-refractivity contribution in [1.82, 2.24) is 5.32 Å². The van der Waals surface area contributed by atoms with Gasteiger partial charge in [-0.25, -0.2) is 14.5 Å². The van der Waals surface area contributed by atoms with E-state index in [0.717, 1.165) is 4.90 Å². The fourth-order valence-electron chi connectivity index (χ4n) is 2.80. The number of rotatable bonds is 5. The SMILES string of the molecule is CCOC(=O)c1ccc(N2C(=O)NC(=O)/C(=C\c3ccc(O)c(OC)c3)C2=O)cc1. The van der Waals surface area contributed by atoms with Gasteiger partial charge in [-0.3, -0.25) is 14.9 Å². The van der Waals surface area contributed by atoms with Crippen molar-refractivity contribution in [2.75, 3.05) is 18.6 Å². The van der Waals surface area contributed by atoms with Crippen molar-refractivity contribution in [3.8, 4) is 11.5 Å². The molecule has 1 fully saturated rings. The van der Waals surface area contributed by atoms with E-state index in [2.05, 4.69) is 5.32 Å². The Morgan fingerprint density at radius 3 is 2.47 bits per heavy atom. The van der Waals surface area contributed by atoms with Crippen LogP contribution in [0.2, 0.25) is 0 Å². The van der Waals surface area contributed by atoms with Gasteiger partial charge in [-0.1, -0.05) is 6.07 Å².